The number of hydrogen-bond acceptors (Lipinski definition) is 4. The summed E-state index contributed by atoms with van der Waals surface area (Å²) in [4.78, 5) is 12.2. The fourth-order valence-corrected chi connectivity index (χ4v) is 2.22. The zero-order chi connectivity index (χ0) is 15.9. The van der Waals surface area contributed by atoms with Crippen molar-refractivity contribution < 1.29 is 14.3 Å². The Morgan fingerprint density at radius 3 is 2.82 bits per heavy atom. The van der Waals surface area contributed by atoms with Crippen molar-refractivity contribution in [2.24, 2.45) is 0 Å². The minimum atomic E-state index is -0.200. The highest BCUT2D eigenvalue weighted by atomic mass is 35.5. The van der Waals surface area contributed by atoms with Crippen molar-refractivity contribution in [2.75, 3.05) is 20.8 Å². The van der Waals surface area contributed by atoms with Crippen LogP contribution >= 0.6 is 11.6 Å². The van der Waals surface area contributed by atoms with Crippen LogP contribution in [0.15, 0.2) is 30.6 Å². The van der Waals surface area contributed by atoms with E-state index in [9.17, 15) is 4.79 Å². The van der Waals surface area contributed by atoms with Gasteiger partial charge < -0.3 is 14.8 Å². The number of aryl methyl sites for hydroxylation is 1. The minimum absolute atomic E-state index is 0.200. The summed E-state index contributed by atoms with van der Waals surface area (Å²) in [5, 5.41) is 7.53. The molecular weight excluding hydrogens is 306 g/mol. The number of aromatic nitrogens is 2. The summed E-state index contributed by atoms with van der Waals surface area (Å²) < 4.78 is 12.2. The maximum absolute atomic E-state index is 12.2. The molecule has 0 bridgehead atoms. The van der Waals surface area contributed by atoms with E-state index in [1.54, 1.807) is 35.3 Å². The molecule has 118 valence electrons. The first-order valence-electron chi connectivity index (χ1n) is 6.83. The van der Waals surface area contributed by atoms with Gasteiger partial charge in [0.2, 0.25) is 0 Å². The molecule has 2 rings (SSSR count). The van der Waals surface area contributed by atoms with Crippen LogP contribution in [-0.2, 0) is 6.54 Å². The Hall–Kier alpha value is -2.21. The standard InChI is InChI=1S/C15H18ClN3O3/c1-21-13-6-3-5-12(14(13)22-2)15(20)17-7-4-8-19-10-11(16)9-18-19/h3,5-6,9-10H,4,7-8H2,1-2H3,(H,17,20). The molecule has 1 N–H and O–H groups in total. The number of amides is 1. The van der Waals surface area contributed by atoms with Crippen molar-refractivity contribution in [3.63, 3.8) is 0 Å². The number of ether oxygens (including phenoxy) is 2. The number of nitrogens with zero attached hydrogens (tertiary/aromatic N) is 2. The van der Waals surface area contributed by atoms with Gasteiger partial charge in [-0.25, -0.2) is 0 Å². The van der Waals surface area contributed by atoms with Gasteiger partial charge in [-0.2, -0.15) is 5.10 Å². The molecule has 2 aromatic rings. The Kier molecular flexibility index (Phi) is 5.66. The van der Waals surface area contributed by atoms with Gasteiger partial charge >= 0.3 is 0 Å². The second kappa shape index (κ2) is 7.70. The van der Waals surface area contributed by atoms with E-state index >= 15 is 0 Å². The van der Waals surface area contributed by atoms with Gasteiger partial charge in [-0.1, -0.05) is 17.7 Å². The second-order valence-corrected chi connectivity index (χ2v) is 5.01. The summed E-state index contributed by atoms with van der Waals surface area (Å²) in [5.41, 5.74) is 0.448. The number of methoxy groups -OCH3 is 2. The average molecular weight is 324 g/mol. The lowest BCUT2D eigenvalue weighted by Crippen LogP contribution is -2.25. The van der Waals surface area contributed by atoms with E-state index in [0.717, 1.165) is 6.42 Å². The summed E-state index contributed by atoms with van der Waals surface area (Å²) in [6.07, 6.45) is 4.08. The normalized spacial score (nSPS) is 10.3. The molecule has 1 heterocycles. The average Bonchev–Trinajstić information content (AvgIpc) is 2.95. The van der Waals surface area contributed by atoms with E-state index in [1.807, 2.05) is 0 Å². The molecule has 0 aliphatic rings. The molecule has 0 aliphatic carbocycles. The Balaban J connectivity index is 1.89. The minimum Gasteiger partial charge on any atom is -0.493 e. The molecule has 1 amide bonds. The van der Waals surface area contributed by atoms with Crippen LogP contribution in [-0.4, -0.2) is 36.5 Å². The molecule has 0 saturated carbocycles. The van der Waals surface area contributed by atoms with Crippen LogP contribution < -0.4 is 14.8 Å². The lowest BCUT2D eigenvalue weighted by Gasteiger charge is -2.12. The summed E-state index contributed by atoms with van der Waals surface area (Å²) in [6.45, 7) is 1.21. The van der Waals surface area contributed by atoms with Gasteiger partial charge in [-0.15, -0.1) is 0 Å². The maximum atomic E-state index is 12.2. The lowest BCUT2D eigenvalue weighted by atomic mass is 10.1. The van der Waals surface area contributed by atoms with Crippen LogP contribution in [0, 0.1) is 0 Å². The van der Waals surface area contributed by atoms with Crippen LogP contribution in [0.25, 0.3) is 0 Å². The first-order chi connectivity index (χ1) is 10.7. The van der Waals surface area contributed by atoms with E-state index in [1.165, 1.54) is 14.2 Å². The predicted molar refractivity (Wildman–Crippen MR) is 83.7 cm³/mol. The monoisotopic (exact) mass is 323 g/mol. The lowest BCUT2D eigenvalue weighted by molar-refractivity contribution is 0.0949. The Bertz CT molecular complexity index is 643. The molecule has 0 spiro atoms. The molecule has 6 nitrogen and oxygen atoms in total. The van der Waals surface area contributed by atoms with Gasteiger partial charge in [0.1, 0.15) is 0 Å². The summed E-state index contributed by atoms with van der Waals surface area (Å²) in [5.74, 6) is 0.761. The first-order valence-corrected chi connectivity index (χ1v) is 7.20. The number of nitrogens with one attached hydrogen (secondary N) is 1. The molecule has 22 heavy (non-hydrogen) atoms. The Morgan fingerprint density at radius 1 is 1.36 bits per heavy atom. The van der Waals surface area contributed by atoms with Crippen LogP contribution in [0.5, 0.6) is 11.5 Å². The predicted octanol–water partition coefficient (Wildman–Crippen LogP) is 2.37. The molecular formula is C15H18ClN3O3. The van der Waals surface area contributed by atoms with Crippen molar-refractivity contribution in [1.82, 2.24) is 15.1 Å². The van der Waals surface area contributed by atoms with Crippen LogP contribution in [0.4, 0.5) is 0 Å². The van der Waals surface area contributed by atoms with E-state index < -0.39 is 0 Å². The third kappa shape index (κ3) is 3.92. The van der Waals surface area contributed by atoms with Crippen LogP contribution in [0.2, 0.25) is 5.02 Å². The maximum Gasteiger partial charge on any atom is 0.255 e. The molecule has 1 aromatic carbocycles. The molecule has 7 heteroatoms. The third-order valence-electron chi connectivity index (χ3n) is 3.10. The van der Waals surface area contributed by atoms with Crippen LogP contribution in [0.3, 0.4) is 0 Å². The Morgan fingerprint density at radius 2 is 2.18 bits per heavy atom. The summed E-state index contributed by atoms with van der Waals surface area (Å²) in [6, 6.07) is 5.20. The van der Waals surface area contributed by atoms with Crippen molar-refractivity contribution in [3.05, 3.63) is 41.2 Å². The topological polar surface area (TPSA) is 65.4 Å². The molecule has 0 unspecified atom stereocenters. The van der Waals surface area contributed by atoms with Crippen molar-refractivity contribution in [2.45, 2.75) is 13.0 Å². The van der Waals surface area contributed by atoms with Crippen molar-refractivity contribution in [1.29, 1.82) is 0 Å². The molecule has 0 atom stereocenters. The fraction of sp³-hybridized carbons (Fsp3) is 0.333. The number of carbonyl (C=O) groups excluding carboxylic acids is 1. The molecule has 0 saturated heterocycles. The van der Waals surface area contributed by atoms with Gasteiger partial charge in [-0.3, -0.25) is 9.48 Å². The van der Waals surface area contributed by atoms with Crippen molar-refractivity contribution in [3.8, 4) is 11.5 Å². The molecule has 0 fully saturated rings. The number of benzene rings is 1. The van der Waals surface area contributed by atoms with Gasteiger partial charge in [0.15, 0.2) is 11.5 Å². The highest BCUT2D eigenvalue weighted by Crippen LogP contribution is 2.30. The number of rotatable bonds is 7. The highest BCUT2D eigenvalue weighted by Gasteiger charge is 2.15. The van der Waals surface area contributed by atoms with Gasteiger partial charge in [0.05, 0.1) is 31.0 Å². The van der Waals surface area contributed by atoms with Gasteiger partial charge in [0.25, 0.3) is 5.91 Å². The van der Waals surface area contributed by atoms with E-state index in [-0.39, 0.29) is 5.91 Å². The SMILES string of the molecule is COc1cccc(C(=O)NCCCn2cc(Cl)cn2)c1OC. The molecule has 1 aromatic heterocycles. The number of hydrogen-bond donors (Lipinski definition) is 1. The third-order valence-corrected chi connectivity index (χ3v) is 3.29. The zero-order valence-corrected chi connectivity index (χ0v) is 13.3. The quantitative estimate of drug-likeness (QED) is 0.794. The summed E-state index contributed by atoms with van der Waals surface area (Å²) in [7, 11) is 3.05. The van der Waals surface area contributed by atoms with E-state index in [2.05, 4.69) is 10.4 Å². The smallest absolute Gasteiger partial charge is 0.255 e. The van der Waals surface area contributed by atoms with Crippen molar-refractivity contribution >= 4 is 17.5 Å². The number of halogens is 1. The summed E-state index contributed by atoms with van der Waals surface area (Å²) >= 11 is 5.79. The Labute approximate surface area is 134 Å². The number of carbonyl (C=O) groups is 1. The first kappa shape index (κ1) is 16.2. The van der Waals surface area contributed by atoms with E-state index in [0.29, 0.717) is 35.2 Å². The molecule has 0 aliphatic heterocycles. The number of para-hydroxylation sites is 1. The van der Waals surface area contributed by atoms with Gasteiger partial charge in [-0.05, 0) is 18.6 Å². The largest absolute Gasteiger partial charge is 0.493 e. The second-order valence-electron chi connectivity index (χ2n) is 4.57. The van der Waals surface area contributed by atoms with Gasteiger partial charge in [0, 0.05) is 19.3 Å². The van der Waals surface area contributed by atoms with E-state index in [4.69, 9.17) is 21.1 Å². The molecule has 0 radical (unpaired) electrons. The van der Waals surface area contributed by atoms with Crippen LogP contribution in [0.1, 0.15) is 16.8 Å². The highest BCUT2D eigenvalue weighted by molar-refractivity contribution is 6.30. The fourth-order valence-electron chi connectivity index (χ4n) is 2.06. The zero-order valence-electron chi connectivity index (χ0n) is 12.5.